The third-order valence-corrected chi connectivity index (χ3v) is 7.89. The second-order valence-corrected chi connectivity index (χ2v) is 10.1. The quantitative estimate of drug-likeness (QED) is 0.479. The molecular formula is C28H33N3O6. The standard InChI is InChI=1S/C28H33N3O6/c1-3-36-20-11-9-19(10-12-20)30-24(33)21-22-26(35)31(15-16-32)23(28(22)14-13-27(21,2)37-28)25(34)29-17-18-7-5-4-6-8-18/h4-12,21-23,32H,3,13-17H2,1-2H3,(H,29,34)(H,30,33)/t21-,22-,23?,27+,28?/m0/s1. The molecule has 0 aromatic heterocycles. The Balaban J connectivity index is 1.40. The average Bonchev–Trinajstić information content (AvgIpc) is 3.46. The van der Waals surface area contributed by atoms with E-state index in [9.17, 15) is 19.5 Å². The SMILES string of the molecule is CCOc1ccc(NC(=O)[C@@H]2[C@H]3C(=O)N(CCO)C(C(=O)NCc4ccccc4)C34CC[C@@]2(C)O4)cc1. The van der Waals surface area contributed by atoms with Gasteiger partial charge in [0, 0.05) is 18.8 Å². The summed E-state index contributed by atoms with van der Waals surface area (Å²) in [5.41, 5.74) is -0.482. The number of anilines is 1. The highest BCUT2D eigenvalue weighted by molar-refractivity contribution is 6.02. The summed E-state index contributed by atoms with van der Waals surface area (Å²) in [5, 5.41) is 15.6. The lowest BCUT2D eigenvalue weighted by Gasteiger charge is -2.33. The molecule has 196 valence electrons. The zero-order chi connectivity index (χ0) is 26.2. The molecular weight excluding hydrogens is 474 g/mol. The number of nitrogens with zero attached hydrogens (tertiary/aromatic N) is 1. The predicted octanol–water partition coefficient (Wildman–Crippen LogP) is 2.10. The van der Waals surface area contributed by atoms with Crippen molar-refractivity contribution >= 4 is 23.4 Å². The van der Waals surface area contributed by atoms with Crippen LogP contribution in [0.1, 0.15) is 32.3 Å². The lowest BCUT2D eigenvalue weighted by molar-refractivity contribution is -0.145. The van der Waals surface area contributed by atoms with Gasteiger partial charge in [-0.15, -0.1) is 0 Å². The monoisotopic (exact) mass is 507 g/mol. The second kappa shape index (κ2) is 9.79. The number of aliphatic hydroxyl groups excluding tert-OH is 1. The van der Waals surface area contributed by atoms with Crippen LogP contribution in [0.2, 0.25) is 0 Å². The molecule has 9 nitrogen and oxygen atoms in total. The summed E-state index contributed by atoms with van der Waals surface area (Å²) in [6.07, 6.45) is 1.03. The molecule has 9 heteroatoms. The van der Waals surface area contributed by atoms with Crippen LogP contribution in [0.5, 0.6) is 5.75 Å². The number of hydrogen-bond acceptors (Lipinski definition) is 6. The van der Waals surface area contributed by atoms with Crippen molar-refractivity contribution in [3.05, 3.63) is 60.2 Å². The van der Waals surface area contributed by atoms with Crippen LogP contribution in [0.3, 0.4) is 0 Å². The van der Waals surface area contributed by atoms with Crippen molar-refractivity contribution in [1.82, 2.24) is 10.2 Å². The first-order valence-corrected chi connectivity index (χ1v) is 12.8. The number of nitrogens with one attached hydrogen (secondary N) is 2. The molecule has 3 amide bonds. The smallest absolute Gasteiger partial charge is 0.246 e. The highest BCUT2D eigenvalue weighted by Gasteiger charge is 2.77. The van der Waals surface area contributed by atoms with Crippen LogP contribution >= 0.6 is 0 Å². The van der Waals surface area contributed by atoms with Crippen molar-refractivity contribution in [1.29, 1.82) is 0 Å². The van der Waals surface area contributed by atoms with Gasteiger partial charge in [-0.05, 0) is 56.5 Å². The van der Waals surface area contributed by atoms with E-state index in [0.29, 0.717) is 37.4 Å². The van der Waals surface area contributed by atoms with Gasteiger partial charge < -0.3 is 30.1 Å². The van der Waals surface area contributed by atoms with E-state index in [1.165, 1.54) is 4.90 Å². The largest absolute Gasteiger partial charge is 0.494 e. The minimum atomic E-state index is -1.12. The van der Waals surface area contributed by atoms with Crippen molar-refractivity contribution in [2.45, 2.75) is 50.5 Å². The summed E-state index contributed by atoms with van der Waals surface area (Å²) in [6.45, 7) is 4.29. The van der Waals surface area contributed by atoms with E-state index in [4.69, 9.17) is 9.47 Å². The Bertz CT molecular complexity index is 1170. The van der Waals surface area contributed by atoms with E-state index in [1.807, 2.05) is 44.2 Å². The summed E-state index contributed by atoms with van der Waals surface area (Å²) < 4.78 is 12.0. The number of likely N-dealkylation sites (tertiary alicyclic amines) is 1. The summed E-state index contributed by atoms with van der Waals surface area (Å²) in [6, 6.07) is 15.6. The maximum atomic E-state index is 13.7. The Labute approximate surface area is 216 Å². The first kappa shape index (κ1) is 25.2. The zero-order valence-electron chi connectivity index (χ0n) is 21.1. The van der Waals surface area contributed by atoms with Gasteiger partial charge in [0.05, 0.1) is 30.7 Å². The Morgan fingerprint density at radius 3 is 2.51 bits per heavy atom. The van der Waals surface area contributed by atoms with Gasteiger partial charge in [0.25, 0.3) is 0 Å². The molecule has 3 fully saturated rings. The van der Waals surface area contributed by atoms with Crippen molar-refractivity contribution < 1.29 is 29.0 Å². The van der Waals surface area contributed by atoms with Gasteiger partial charge in [-0.2, -0.15) is 0 Å². The number of hydrogen-bond donors (Lipinski definition) is 3. The van der Waals surface area contributed by atoms with Gasteiger partial charge in [0.15, 0.2) is 0 Å². The molecule has 0 aliphatic carbocycles. The van der Waals surface area contributed by atoms with Crippen LogP contribution in [-0.2, 0) is 25.7 Å². The molecule has 3 aliphatic heterocycles. The molecule has 2 aromatic rings. The zero-order valence-corrected chi connectivity index (χ0v) is 21.1. The third kappa shape index (κ3) is 4.26. The molecule has 3 N–H and O–H groups in total. The molecule has 2 bridgehead atoms. The van der Waals surface area contributed by atoms with Crippen LogP contribution in [-0.4, -0.2) is 64.7 Å². The van der Waals surface area contributed by atoms with Crippen molar-refractivity contribution in [3.8, 4) is 5.75 Å². The van der Waals surface area contributed by atoms with Gasteiger partial charge in [0.2, 0.25) is 17.7 Å². The third-order valence-electron chi connectivity index (χ3n) is 7.89. The molecule has 0 radical (unpaired) electrons. The Hall–Kier alpha value is -3.43. The molecule has 5 rings (SSSR count). The lowest BCUT2D eigenvalue weighted by Crippen LogP contribution is -2.55. The van der Waals surface area contributed by atoms with E-state index in [1.54, 1.807) is 24.3 Å². The van der Waals surface area contributed by atoms with E-state index in [-0.39, 0.29) is 30.9 Å². The van der Waals surface area contributed by atoms with E-state index in [0.717, 1.165) is 5.56 Å². The number of β-amino-alcohol motifs (C(OH)–C–C–N with tert-alkyl or cyclic N) is 1. The lowest BCUT2D eigenvalue weighted by atomic mass is 9.66. The highest BCUT2D eigenvalue weighted by Crippen LogP contribution is 2.63. The molecule has 5 atom stereocenters. The van der Waals surface area contributed by atoms with Gasteiger partial charge in [0.1, 0.15) is 17.4 Å². The Morgan fingerprint density at radius 2 is 1.84 bits per heavy atom. The number of aliphatic hydroxyl groups is 1. The van der Waals surface area contributed by atoms with E-state index >= 15 is 0 Å². The highest BCUT2D eigenvalue weighted by atomic mass is 16.5. The molecule has 1 spiro atoms. The van der Waals surface area contributed by atoms with Crippen molar-refractivity contribution in [2.24, 2.45) is 11.8 Å². The predicted molar refractivity (Wildman–Crippen MR) is 136 cm³/mol. The maximum Gasteiger partial charge on any atom is 0.246 e. The molecule has 37 heavy (non-hydrogen) atoms. The Morgan fingerprint density at radius 1 is 1.11 bits per heavy atom. The first-order valence-electron chi connectivity index (χ1n) is 12.8. The number of amides is 3. The summed E-state index contributed by atoms with van der Waals surface area (Å²) in [4.78, 5) is 42.3. The van der Waals surface area contributed by atoms with Crippen LogP contribution in [0.25, 0.3) is 0 Å². The van der Waals surface area contributed by atoms with Crippen molar-refractivity contribution in [2.75, 3.05) is 25.1 Å². The van der Waals surface area contributed by atoms with E-state index < -0.39 is 29.1 Å². The van der Waals surface area contributed by atoms with Gasteiger partial charge in [-0.25, -0.2) is 0 Å². The van der Waals surface area contributed by atoms with Gasteiger partial charge >= 0.3 is 0 Å². The number of fused-ring (bicyclic) bond motifs is 1. The first-order chi connectivity index (χ1) is 17.8. The molecule has 2 aromatic carbocycles. The molecule has 3 aliphatic rings. The van der Waals surface area contributed by atoms with Crippen LogP contribution in [0, 0.1) is 11.8 Å². The van der Waals surface area contributed by atoms with Gasteiger partial charge in [-0.3, -0.25) is 14.4 Å². The van der Waals surface area contributed by atoms with Crippen LogP contribution < -0.4 is 15.4 Å². The normalized spacial score (nSPS) is 29.8. The van der Waals surface area contributed by atoms with Crippen LogP contribution in [0.4, 0.5) is 5.69 Å². The van der Waals surface area contributed by atoms with E-state index in [2.05, 4.69) is 10.6 Å². The molecule has 2 unspecified atom stereocenters. The second-order valence-electron chi connectivity index (χ2n) is 10.1. The fraction of sp³-hybridized carbons (Fsp3) is 0.464. The fourth-order valence-electron chi connectivity index (χ4n) is 6.38. The maximum absolute atomic E-state index is 13.7. The number of benzene rings is 2. The molecule has 0 saturated carbocycles. The number of carbonyl (C=O) groups is 3. The summed E-state index contributed by atoms with van der Waals surface area (Å²) >= 11 is 0. The number of ether oxygens (including phenoxy) is 2. The minimum absolute atomic E-state index is 0.00614. The fourth-order valence-corrected chi connectivity index (χ4v) is 6.38. The Kier molecular flexibility index (Phi) is 6.68. The molecule has 3 heterocycles. The minimum Gasteiger partial charge on any atom is -0.494 e. The average molecular weight is 508 g/mol. The van der Waals surface area contributed by atoms with Crippen molar-refractivity contribution in [3.63, 3.8) is 0 Å². The number of rotatable bonds is 9. The van der Waals surface area contributed by atoms with Crippen LogP contribution in [0.15, 0.2) is 54.6 Å². The molecule has 3 saturated heterocycles. The van der Waals surface area contributed by atoms with Gasteiger partial charge in [-0.1, -0.05) is 30.3 Å². The summed E-state index contributed by atoms with van der Waals surface area (Å²) in [7, 11) is 0. The topological polar surface area (TPSA) is 117 Å². The number of carbonyl (C=O) groups excluding carboxylic acids is 3. The summed E-state index contributed by atoms with van der Waals surface area (Å²) in [5.74, 6) is -1.87.